The van der Waals surface area contributed by atoms with Crippen LogP contribution in [0.2, 0.25) is 0 Å². The molecule has 0 unspecified atom stereocenters. The van der Waals surface area contributed by atoms with Crippen LogP contribution in [0.15, 0.2) is 0 Å². The second kappa shape index (κ2) is 3.41. The van der Waals surface area contributed by atoms with Crippen LogP contribution in [0.4, 0.5) is 0 Å². The van der Waals surface area contributed by atoms with E-state index in [1.165, 1.54) is 6.92 Å². The summed E-state index contributed by atoms with van der Waals surface area (Å²) in [6, 6.07) is 0. The quantitative estimate of drug-likeness (QED) is 0.580. The fourth-order valence-corrected chi connectivity index (χ4v) is 1.41. The zero-order chi connectivity index (χ0) is 9.30. The van der Waals surface area contributed by atoms with Crippen molar-refractivity contribution in [3.63, 3.8) is 0 Å². The molecule has 1 saturated heterocycles. The molecular weight excluding hydrogens is 160 g/mol. The molecule has 4 heteroatoms. The number of carbonyl (C=O) groups is 1. The average Bonchev–Trinajstić information content (AvgIpc) is 2.16. The smallest absolute Gasteiger partial charge is 0.303 e. The van der Waals surface area contributed by atoms with Gasteiger partial charge in [0.25, 0.3) is 0 Å². The molecule has 0 bridgehead atoms. The number of ether oxygens (including phenoxy) is 2. The first-order chi connectivity index (χ1) is 5.52. The van der Waals surface area contributed by atoms with Crippen molar-refractivity contribution in [1.29, 1.82) is 0 Å². The summed E-state index contributed by atoms with van der Waals surface area (Å²) in [4.78, 5) is 10.6. The highest BCUT2D eigenvalue weighted by molar-refractivity contribution is 5.66. The van der Waals surface area contributed by atoms with Crippen molar-refractivity contribution in [1.82, 2.24) is 0 Å². The van der Waals surface area contributed by atoms with Gasteiger partial charge in [-0.05, 0) is 6.92 Å². The third-order valence-corrected chi connectivity index (χ3v) is 2.09. The Bertz CT molecular complexity index is 180. The van der Waals surface area contributed by atoms with Crippen molar-refractivity contribution in [2.45, 2.75) is 39.3 Å². The third kappa shape index (κ3) is 1.76. The van der Waals surface area contributed by atoms with Gasteiger partial charge in [-0.25, -0.2) is 0 Å². The maximum absolute atomic E-state index is 10.6. The Hall–Kier alpha value is -0.610. The second-order valence-corrected chi connectivity index (χ2v) is 3.16. The molecule has 0 amide bonds. The monoisotopic (exact) mass is 174 g/mol. The number of carbonyl (C=O) groups excluding carboxylic acids is 1. The maximum atomic E-state index is 10.6. The van der Waals surface area contributed by atoms with Crippen molar-refractivity contribution in [2.75, 3.05) is 0 Å². The fraction of sp³-hybridized carbons (Fsp3) is 0.875. The van der Waals surface area contributed by atoms with Gasteiger partial charge in [0.15, 0.2) is 6.29 Å². The predicted octanol–water partition coefficient (Wildman–Crippen LogP) is 0.291. The van der Waals surface area contributed by atoms with Crippen LogP contribution in [0.3, 0.4) is 0 Å². The average molecular weight is 174 g/mol. The number of hydrogen-bond donors (Lipinski definition) is 1. The van der Waals surface area contributed by atoms with Gasteiger partial charge in [-0.1, -0.05) is 6.92 Å². The molecule has 0 aromatic rings. The van der Waals surface area contributed by atoms with E-state index in [2.05, 4.69) is 0 Å². The van der Waals surface area contributed by atoms with Gasteiger partial charge in [-0.2, -0.15) is 0 Å². The first kappa shape index (κ1) is 9.48. The molecule has 1 aliphatic rings. The van der Waals surface area contributed by atoms with E-state index < -0.39 is 6.29 Å². The molecular formula is C8H14O4. The highest BCUT2D eigenvalue weighted by Crippen LogP contribution is 2.27. The van der Waals surface area contributed by atoms with Gasteiger partial charge in [0.05, 0.1) is 6.10 Å². The standard InChI is InChI=1S/C8H14O4/c1-4-7(12-6(3)9)5(2)11-8(4)10/h4-5,7-8,10H,1-3H3/t4-,5+,7-,8-/m0/s1. The Morgan fingerprint density at radius 1 is 1.50 bits per heavy atom. The molecule has 1 heterocycles. The minimum Gasteiger partial charge on any atom is -0.459 e. The lowest BCUT2D eigenvalue weighted by molar-refractivity contribution is -0.150. The van der Waals surface area contributed by atoms with Gasteiger partial charge in [0, 0.05) is 12.8 Å². The van der Waals surface area contributed by atoms with Gasteiger partial charge >= 0.3 is 5.97 Å². The predicted molar refractivity (Wildman–Crippen MR) is 41.3 cm³/mol. The minimum absolute atomic E-state index is 0.149. The molecule has 12 heavy (non-hydrogen) atoms. The molecule has 0 aromatic carbocycles. The number of hydrogen-bond acceptors (Lipinski definition) is 4. The molecule has 0 saturated carbocycles. The van der Waals surface area contributed by atoms with Crippen LogP contribution in [0.1, 0.15) is 20.8 Å². The van der Waals surface area contributed by atoms with Crippen LogP contribution in [0, 0.1) is 5.92 Å². The highest BCUT2D eigenvalue weighted by Gasteiger charge is 2.40. The van der Waals surface area contributed by atoms with E-state index in [1.807, 2.05) is 0 Å². The van der Waals surface area contributed by atoms with Crippen LogP contribution in [0.25, 0.3) is 0 Å². The van der Waals surface area contributed by atoms with Crippen LogP contribution >= 0.6 is 0 Å². The van der Waals surface area contributed by atoms with Gasteiger partial charge < -0.3 is 14.6 Å². The third-order valence-electron chi connectivity index (χ3n) is 2.09. The van der Waals surface area contributed by atoms with Gasteiger partial charge in [-0.15, -0.1) is 0 Å². The zero-order valence-corrected chi connectivity index (χ0v) is 7.48. The lowest BCUT2D eigenvalue weighted by Gasteiger charge is -2.17. The first-order valence-electron chi connectivity index (χ1n) is 4.03. The second-order valence-electron chi connectivity index (χ2n) is 3.16. The van der Waals surface area contributed by atoms with E-state index in [0.717, 1.165) is 0 Å². The molecule has 70 valence electrons. The summed E-state index contributed by atoms with van der Waals surface area (Å²) in [6.07, 6.45) is -1.36. The number of rotatable bonds is 1. The Morgan fingerprint density at radius 2 is 2.08 bits per heavy atom. The molecule has 4 nitrogen and oxygen atoms in total. The summed E-state index contributed by atoms with van der Waals surface area (Å²) >= 11 is 0. The molecule has 0 aromatic heterocycles. The SMILES string of the molecule is CC(=O)O[C@H]1[C@H](C)[C@@H](O)O[C@@H]1C. The molecule has 1 aliphatic heterocycles. The molecule has 1 fully saturated rings. The number of esters is 1. The summed E-state index contributed by atoms with van der Waals surface area (Å²) in [6.45, 7) is 4.92. The zero-order valence-electron chi connectivity index (χ0n) is 7.48. The molecule has 0 radical (unpaired) electrons. The maximum Gasteiger partial charge on any atom is 0.303 e. The first-order valence-corrected chi connectivity index (χ1v) is 4.03. The summed E-state index contributed by atoms with van der Waals surface area (Å²) < 4.78 is 10.0. The van der Waals surface area contributed by atoms with E-state index in [-0.39, 0.29) is 24.1 Å². The van der Waals surface area contributed by atoms with E-state index in [1.54, 1.807) is 13.8 Å². The number of aliphatic hydroxyl groups excluding tert-OH is 1. The van der Waals surface area contributed by atoms with E-state index in [0.29, 0.717) is 0 Å². The minimum atomic E-state index is -0.815. The fourth-order valence-electron chi connectivity index (χ4n) is 1.41. The highest BCUT2D eigenvalue weighted by atomic mass is 16.6. The van der Waals surface area contributed by atoms with Crippen LogP contribution in [-0.2, 0) is 14.3 Å². The van der Waals surface area contributed by atoms with Crippen molar-refractivity contribution in [3.05, 3.63) is 0 Å². The lowest BCUT2D eigenvalue weighted by Crippen LogP contribution is -2.29. The largest absolute Gasteiger partial charge is 0.459 e. The molecule has 1 rings (SSSR count). The normalized spacial score (nSPS) is 41.3. The van der Waals surface area contributed by atoms with Crippen LogP contribution in [-0.4, -0.2) is 29.6 Å². The molecule has 0 spiro atoms. The van der Waals surface area contributed by atoms with Crippen LogP contribution < -0.4 is 0 Å². The summed E-state index contributed by atoms with van der Waals surface area (Å²) in [5, 5.41) is 9.24. The Morgan fingerprint density at radius 3 is 2.42 bits per heavy atom. The van der Waals surface area contributed by atoms with Crippen molar-refractivity contribution >= 4 is 5.97 Å². The van der Waals surface area contributed by atoms with Gasteiger partial charge in [0.2, 0.25) is 0 Å². The summed E-state index contributed by atoms with van der Waals surface area (Å²) in [5.41, 5.74) is 0. The van der Waals surface area contributed by atoms with Crippen LogP contribution in [0.5, 0.6) is 0 Å². The van der Waals surface area contributed by atoms with Crippen molar-refractivity contribution in [3.8, 4) is 0 Å². The lowest BCUT2D eigenvalue weighted by atomic mass is 10.0. The van der Waals surface area contributed by atoms with E-state index in [9.17, 15) is 9.90 Å². The van der Waals surface area contributed by atoms with Gasteiger partial charge in [-0.3, -0.25) is 4.79 Å². The summed E-state index contributed by atoms with van der Waals surface area (Å²) in [7, 11) is 0. The van der Waals surface area contributed by atoms with E-state index >= 15 is 0 Å². The van der Waals surface area contributed by atoms with Gasteiger partial charge in [0.1, 0.15) is 6.10 Å². The number of aliphatic hydroxyl groups is 1. The van der Waals surface area contributed by atoms with Crippen molar-refractivity contribution in [2.24, 2.45) is 5.92 Å². The Kier molecular flexibility index (Phi) is 2.69. The molecule has 4 atom stereocenters. The molecule has 0 aliphatic carbocycles. The molecule has 1 N–H and O–H groups in total. The topological polar surface area (TPSA) is 55.8 Å². The summed E-state index contributed by atoms with van der Waals surface area (Å²) in [5.74, 6) is -0.486. The van der Waals surface area contributed by atoms with Crippen molar-refractivity contribution < 1.29 is 19.4 Å². The Balaban J connectivity index is 2.57. The van der Waals surface area contributed by atoms with E-state index in [4.69, 9.17) is 9.47 Å². The Labute approximate surface area is 71.5 Å².